The Morgan fingerprint density at radius 2 is 1.95 bits per heavy atom. The Balaban J connectivity index is 2.05. The first-order valence-corrected chi connectivity index (χ1v) is 7.44. The van der Waals surface area contributed by atoms with Crippen LogP contribution in [0.4, 0.5) is 5.69 Å². The lowest BCUT2D eigenvalue weighted by Crippen LogP contribution is -2.35. The highest BCUT2D eigenvalue weighted by Gasteiger charge is 2.22. The first-order valence-electron chi connectivity index (χ1n) is 6.68. The van der Waals surface area contributed by atoms with Crippen LogP contribution in [0, 0.1) is 0 Å². The van der Waals surface area contributed by atoms with Crippen LogP contribution >= 0.6 is 23.2 Å². The molecule has 2 rings (SSSR count). The van der Waals surface area contributed by atoms with Crippen molar-refractivity contribution in [3.05, 3.63) is 54.3 Å². The predicted molar refractivity (Wildman–Crippen MR) is 85.5 cm³/mol. The van der Waals surface area contributed by atoms with Crippen LogP contribution in [0.5, 0.6) is 5.75 Å². The van der Waals surface area contributed by atoms with Gasteiger partial charge in [-0.15, -0.1) is 0 Å². The van der Waals surface area contributed by atoms with Crippen LogP contribution in [0.1, 0.15) is 25.3 Å². The van der Waals surface area contributed by atoms with Gasteiger partial charge in [0.05, 0.1) is 6.61 Å². The molecule has 0 atom stereocenters. The summed E-state index contributed by atoms with van der Waals surface area (Å²) in [5.41, 5.74) is -0.113. The molecular weight excluding hydrogens is 313 g/mol. The van der Waals surface area contributed by atoms with Crippen LogP contribution in [0.15, 0.2) is 27.8 Å². The fourth-order valence-corrected chi connectivity index (χ4v) is 2.31. The molecule has 0 saturated carbocycles. The van der Waals surface area contributed by atoms with Gasteiger partial charge in [0.15, 0.2) is 5.75 Å². The average molecular weight is 328 g/mol. The second-order valence-corrected chi connectivity index (χ2v) is 5.50. The predicted octanol–water partition coefficient (Wildman–Crippen LogP) is 3.38. The smallest absolute Gasteiger partial charge is 0.272 e. The van der Waals surface area contributed by atoms with Gasteiger partial charge >= 0.3 is 0 Å². The molecule has 0 bridgehead atoms. The minimum absolute atomic E-state index is 0.124. The van der Waals surface area contributed by atoms with E-state index in [1.807, 2.05) is 6.92 Å². The van der Waals surface area contributed by atoms with Crippen molar-refractivity contribution in [2.24, 2.45) is 0 Å². The Morgan fingerprint density at radius 3 is 2.62 bits per heavy atom. The van der Waals surface area contributed by atoms with E-state index in [4.69, 9.17) is 27.9 Å². The molecule has 0 spiro atoms. The molecule has 0 heterocycles. The Kier molecular flexibility index (Phi) is 5.26. The van der Waals surface area contributed by atoms with Crippen molar-refractivity contribution in [3.63, 3.8) is 0 Å². The lowest BCUT2D eigenvalue weighted by atomic mass is 10.2. The SMILES string of the molecule is CCCCOc1c(NCc2ccc(Cl)cc2Cl)c(=O)c1=O. The quantitative estimate of drug-likeness (QED) is 0.625. The monoisotopic (exact) mass is 327 g/mol. The van der Waals surface area contributed by atoms with Crippen LogP contribution in [-0.4, -0.2) is 6.61 Å². The third-order valence-electron chi connectivity index (χ3n) is 3.08. The van der Waals surface area contributed by atoms with Gasteiger partial charge < -0.3 is 10.1 Å². The number of hydrogen-bond acceptors (Lipinski definition) is 4. The summed E-state index contributed by atoms with van der Waals surface area (Å²) in [6.07, 6.45) is 1.79. The normalized spacial score (nSPS) is 10.8. The van der Waals surface area contributed by atoms with E-state index in [2.05, 4.69) is 5.32 Å². The number of nitrogens with one attached hydrogen (secondary N) is 1. The molecule has 21 heavy (non-hydrogen) atoms. The van der Waals surface area contributed by atoms with Gasteiger partial charge in [-0.2, -0.15) is 0 Å². The fourth-order valence-electron chi connectivity index (χ4n) is 1.84. The lowest BCUT2D eigenvalue weighted by molar-refractivity contribution is 0.304. The van der Waals surface area contributed by atoms with Crippen molar-refractivity contribution < 1.29 is 4.74 Å². The Hall–Kier alpha value is -1.52. The number of benzene rings is 1. The van der Waals surface area contributed by atoms with Crippen LogP contribution in [0.3, 0.4) is 0 Å². The number of unbranched alkanes of at least 4 members (excludes halogenated alkanes) is 1. The zero-order valence-corrected chi connectivity index (χ0v) is 13.1. The number of rotatable bonds is 7. The van der Waals surface area contributed by atoms with Gasteiger partial charge in [0.1, 0.15) is 5.69 Å². The number of ether oxygens (including phenoxy) is 1. The van der Waals surface area contributed by atoms with Gasteiger partial charge in [-0.1, -0.05) is 42.6 Å². The van der Waals surface area contributed by atoms with Gasteiger partial charge in [0, 0.05) is 16.6 Å². The summed E-state index contributed by atoms with van der Waals surface area (Å²) in [5, 5.41) is 3.95. The Labute approximate surface area is 132 Å². The minimum Gasteiger partial charge on any atom is -0.487 e. The van der Waals surface area contributed by atoms with Crippen molar-refractivity contribution in [1.29, 1.82) is 0 Å². The number of halogens is 2. The first-order chi connectivity index (χ1) is 10.0. The first kappa shape index (κ1) is 15.9. The molecule has 0 fully saturated rings. The van der Waals surface area contributed by atoms with Crippen molar-refractivity contribution in [2.75, 3.05) is 11.9 Å². The van der Waals surface area contributed by atoms with Crippen LogP contribution in [0.2, 0.25) is 10.0 Å². The second-order valence-electron chi connectivity index (χ2n) is 4.65. The van der Waals surface area contributed by atoms with Gasteiger partial charge in [-0.3, -0.25) is 9.59 Å². The van der Waals surface area contributed by atoms with E-state index in [1.54, 1.807) is 18.2 Å². The number of anilines is 1. The van der Waals surface area contributed by atoms with Crippen molar-refractivity contribution in [2.45, 2.75) is 26.3 Å². The molecule has 2 aromatic carbocycles. The lowest BCUT2D eigenvalue weighted by Gasteiger charge is -2.14. The molecule has 6 heteroatoms. The van der Waals surface area contributed by atoms with Crippen LogP contribution in [-0.2, 0) is 6.54 Å². The molecule has 2 aromatic rings. The summed E-state index contributed by atoms with van der Waals surface area (Å²) in [7, 11) is 0. The van der Waals surface area contributed by atoms with E-state index in [0.717, 1.165) is 18.4 Å². The molecule has 0 saturated heterocycles. The molecule has 0 radical (unpaired) electrons. The summed E-state index contributed by atoms with van der Waals surface area (Å²) in [4.78, 5) is 23.0. The zero-order valence-electron chi connectivity index (χ0n) is 11.5. The molecule has 4 nitrogen and oxygen atoms in total. The molecule has 0 amide bonds. The fraction of sp³-hybridized carbons (Fsp3) is 0.333. The summed E-state index contributed by atoms with van der Waals surface area (Å²) >= 11 is 11.9. The average Bonchev–Trinajstić information content (AvgIpc) is 2.47. The topological polar surface area (TPSA) is 55.4 Å². The molecule has 0 aliphatic carbocycles. The molecule has 0 aromatic heterocycles. The highest BCUT2D eigenvalue weighted by molar-refractivity contribution is 6.35. The van der Waals surface area contributed by atoms with Crippen molar-refractivity contribution in [3.8, 4) is 5.75 Å². The largest absolute Gasteiger partial charge is 0.487 e. The molecule has 112 valence electrons. The van der Waals surface area contributed by atoms with E-state index in [9.17, 15) is 9.59 Å². The summed E-state index contributed by atoms with van der Waals surface area (Å²) < 4.78 is 5.34. The van der Waals surface area contributed by atoms with Crippen LogP contribution < -0.4 is 20.9 Å². The highest BCUT2D eigenvalue weighted by Crippen LogP contribution is 2.23. The molecule has 0 aliphatic heterocycles. The third-order valence-corrected chi connectivity index (χ3v) is 3.67. The van der Waals surface area contributed by atoms with E-state index in [0.29, 0.717) is 23.2 Å². The second kappa shape index (κ2) is 6.96. The van der Waals surface area contributed by atoms with E-state index in [-0.39, 0.29) is 11.4 Å². The zero-order chi connectivity index (χ0) is 15.4. The maximum absolute atomic E-state index is 11.6. The molecule has 1 N–H and O–H groups in total. The summed E-state index contributed by atoms with van der Waals surface area (Å²) in [5.74, 6) is 0.124. The standard InChI is InChI=1S/C15H15Cl2NO3/c1-2-3-6-21-15-12(13(19)14(15)20)18-8-9-4-5-10(16)7-11(9)17/h4-5,7,18H,2-3,6,8H2,1H3. The van der Waals surface area contributed by atoms with Gasteiger partial charge in [-0.05, 0) is 24.1 Å². The maximum atomic E-state index is 11.6. The van der Waals surface area contributed by atoms with E-state index in [1.165, 1.54) is 0 Å². The molecular formula is C15H15Cl2NO3. The van der Waals surface area contributed by atoms with Crippen LogP contribution in [0.25, 0.3) is 0 Å². The Morgan fingerprint density at radius 1 is 1.19 bits per heavy atom. The van der Waals surface area contributed by atoms with E-state index < -0.39 is 10.9 Å². The third kappa shape index (κ3) is 3.57. The maximum Gasteiger partial charge on any atom is 0.272 e. The van der Waals surface area contributed by atoms with E-state index >= 15 is 0 Å². The summed E-state index contributed by atoms with van der Waals surface area (Å²) in [6, 6.07) is 5.10. The van der Waals surface area contributed by atoms with Crippen molar-refractivity contribution in [1.82, 2.24) is 0 Å². The minimum atomic E-state index is -0.573. The van der Waals surface area contributed by atoms with Gasteiger partial charge in [0.2, 0.25) is 0 Å². The summed E-state index contributed by atoms with van der Waals surface area (Å²) in [6.45, 7) is 2.77. The highest BCUT2D eigenvalue weighted by atomic mass is 35.5. The van der Waals surface area contributed by atoms with Gasteiger partial charge in [0.25, 0.3) is 10.9 Å². The molecule has 0 unspecified atom stereocenters. The Bertz CT molecular complexity index is 705. The number of hydrogen-bond donors (Lipinski definition) is 1. The molecule has 0 aliphatic rings. The van der Waals surface area contributed by atoms with Gasteiger partial charge in [-0.25, -0.2) is 0 Å². The van der Waals surface area contributed by atoms with Crippen molar-refractivity contribution >= 4 is 28.9 Å².